The number of Topliss-reactive ketones (excluding diaryl/α,β-unsaturated/α-hetero) is 1. The van der Waals surface area contributed by atoms with Gasteiger partial charge in [-0.15, -0.1) is 0 Å². The van der Waals surface area contributed by atoms with Crippen molar-refractivity contribution in [2.75, 3.05) is 10.6 Å². The molecule has 1 aliphatic rings. The first-order valence-corrected chi connectivity index (χ1v) is 11.3. The van der Waals surface area contributed by atoms with Crippen LogP contribution in [0, 0.1) is 34.9 Å². The third-order valence-electron chi connectivity index (χ3n) is 6.31. The normalized spacial score (nSPS) is 14.5. The SMILES string of the molecule is CC[C@H](Nc1nc(Nc2cccc(C)c2)c(C#N)cc1F)C1(C(=N)C(=O)c2ccccc2)CC1. The molecule has 0 saturated heterocycles. The van der Waals surface area contributed by atoms with Crippen LogP contribution in [0.1, 0.15) is 47.7 Å². The van der Waals surface area contributed by atoms with E-state index in [1.807, 2.05) is 50.2 Å². The lowest BCUT2D eigenvalue weighted by molar-refractivity contribution is 0.105. The summed E-state index contributed by atoms with van der Waals surface area (Å²) in [5.41, 5.74) is 1.69. The first kappa shape index (κ1) is 23.1. The number of halogens is 1. The summed E-state index contributed by atoms with van der Waals surface area (Å²) in [6, 6.07) is 19.1. The molecule has 1 aliphatic carbocycles. The van der Waals surface area contributed by atoms with E-state index < -0.39 is 11.2 Å². The van der Waals surface area contributed by atoms with Gasteiger partial charge in [-0.2, -0.15) is 5.26 Å². The number of carbonyl (C=O) groups is 1. The van der Waals surface area contributed by atoms with Crippen molar-refractivity contribution in [3.8, 4) is 6.07 Å². The van der Waals surface area contributed by atoms with Crippen molar-refractivity contribution in [3.05, 3.63) is 83.2 Å². The van der Waals surface area contributed by atoms with Crippen molar-refractivity contribution in [2.45, 2.75) is 39.2 Å². The predicted molar refractivity (Wildman–Crippen MR) is 131 cm³/mol. The standard InChI is InChI=1S/C27H26FN5O/c1-3-22(27(12-13-27)24(30)23(34)18-9-5-4-6-10-18)32-26-21(28)15-19(16-29)25(33-26)31-20-11-7-8-17(2)14-20/h4-11,14-15,22,30H,3,12-13H2,1-2H3,(H2,31,32,33)/t22-/m0/s1. The fraction of sp³-hybridized carbons (Fsp3) is 0.259. The molecule has 0 bridgehead atoms. The van der Waals surface area contributed by atoms with Crippen molar-refractivity contribution in [3.63, 3.8) is 0 Å². The molecule has 4 rings (SSSR count). The lowest BCUT2D eigenvalue weighted by atomic mass is 9.85. The molecule has 1 aromatic heterocycles. The third kappa shape index (κ3) is 4.53. The van der Waals surface area contributed by atoms with Crippen LogP contribution in [0.2, 0.25) is 0 Å². The average Bonchev–Trinajstić information content (AvgIpc) is 3.65. The molecule has 0 radical (unpaired) electrons. The van der Waals surface area contributed by atoms with Crippen molar-refractivity contribution < 1.29 is 9.18 Å². The van der Waals surface area contributed by atoms with Gasteiger partial charge in [0.15, 0.2) is 17.5 Å². The number of rotatable bonds is 9. The molecule has 3 N–H and O–H groups in total. The number of pyridine rings is 1. The molecular formula is C27H26FN5O. The molecular weight excluding hydrogens is 429 g/mol. The van der Waals surface area contributed by atoms with Gasteiger partial charge in [0.1, 0.15) is 6.07 Å². The lowest BCUT2D eigenvalue weighted by Crippen LogP contribution is -2.39. The minimum atomic E-state index is -0.673. The maximum Gasteiger partial charge on any atom is 0.207 e. The molecule has 0 amide bonds. The van der Waals surface area contributed by atoms with Gasteiger partial charge in [-0.05, 0) is 49.9 Å². The molecule has 2 aromatic carbocycles. The number of aryl methyl sites for hydroxylation is 1. The van der Waals surface area contributed by atoms with Crippen LogP contribution in [0.5, 0.6) is 0 Å². The molecule has 1 fully saturated rings. The van der Waals surface area contributed by atoms with Gasteiger partial charge in [-0.3, -0.25) is 4.79 Å². The van der Waals surface area contributed by atoms with E-state index in [2.05, 4.69) is 15.6 Å². The van der Waals surface area contributed by atoms with Gasteiger partial charge in [-0.25, -0.2) is 9.37 Å². The van der Waals surface area contributed by atoms with Gasteiger partial charge in [0.2, 0.25) is 5.78 Å². The first-order valence-electron chi connectivity index (χ1n) is 11.3. The van der Waals surface area contributed by atoms with Crippen molar-refractivity contribution in [2.24, 2.45) is 5.41 Å². The number of nitrogens with one attached hydrogen (secondary N) is 3. The monoisotopic (exact) mass is 455 g/mol. The van der Waals surface area contributed by atoms with Gasteiger partial charge in [0.05, 0.1) is 11.3 Å². The van der Waals surface area contributed by atoms with Crippen LogP contribution >= 0.6 is 0 Å². The molecule has 1 atom stereocenters. The van der Waals surface area contributed by atoms with E-state index >= 15 is 0 Å². The minimum absolute atomic E-state index is 0.00719. The number of nitriles is 1. The molecule has 1 heterocycles. The predicted octanol–water partition coefficient (Wildman–Crippen LogP) is 6.02. The summed E-state index contributed by atoms with van der Waals surface area (Å²) < 4.78 is 14.9. The maximum atomic E-state index is 14.9. The number of nitrogens with zero attached hydrogens (tertiary/aromatic N) is 2. The fourth-order valence-corrected chi connectivity index (χ4v) is 4.29. The van der Waals surface area contributed by atoms with E-state index in [4.69, 9.17) is 5.41 Å². The van der Waals surface area contributed by atoms with Crippen molar-refractivity contribution in [1.82, 2.24) is 4.98 Å². The Morgan fingerprint density at radius 2 is 1.91 bits per heavy atom. The van der Waals surface area contributed by atoms with Gasteiger partial charge in [-0.1, -0.05) is 49.4 Å². The Balaban J connectivity index is 1.61. The van der Waals surface area contributed by atoms with E-state index in [0.29, 0.717) is 24.8 Å². The van der Waals surface area contributed by atoms with Crippen LogP contribution in [0.4, 0.5) is 21.7 Å². The van der Waals surface area contributed by atoms with Crippen LogP contribution in [-0.2, 0) is 0 Å². The Morgan fingerprint density at radius 3 is 2.53 bits per heavy atom. The zero-order valence-electron chi connectivity index (χ0n) is 19.2. The fourth-order valence-electron chi connectivity index (χ4n) is 4.29. The number of anilines is 3. The molecule has 0 unspecified atom stereocenters. The zero-order chi connectivity index (χ0) is 24.3. The van der Waals surface area contributed by atoms with E-state index in [-0.39, 0.29) is 34.7 Å². The number of hydrogen-bond donors (Lipinski definition) is 3. The van der Waals surface area contributed by atoms with E-state index in [1.165, 1.54) is 0 Å². The number of aromatic nitrogens is 1. The molecule has 172 valence electrons. The van der Waals surface area contributed by atoms with Crippen molar-refractivity contribution >= 4 is 28.8 Å². The summed E-state index contributed by atoms with van der Waals surface area (Å²) in [5, 5.41) is 24.4. The lowest BCUT2D eigenvalue weighted by Gasteiger charge is -2.28. The highest BCUT2D eigenvalue weighted by molar-refractivity contribution is 6.47. The summed E-state index contributed by atoms with van der Waals surface area (Å²) in [7, 11) is 0. The Bertz CT molecular complexity index is 1280. The summed E-state index contributed by atoms with van der Waals surface area (Å²) in [6.45, 7) is 3.89. The maximum absolute atomic E-state index is 14.9. The second-order valence-electron chi connectivity index (χ2n) is 8.65. The van der Waals surface area contributed by atoms with Gasteiger partial charge >= 0.3 is 0 Å². The van der Waals surface area contributed by atoms with E-state index in [1.54, 1.807) is 24.3 Å². The largest absolute Gasteiger partial charge is 0.364 e. The quantitative estimate of drug-likeness (QED) is 0.271. The van der Waals surface area contributed by atoms with Gasteiger partial charge < -0.3 is 16.0 Å². The zero-order valence-corrected chi connectivity index (χ0v) is 19.2. The third-order valence-corrected chi connectivity index (χ3v) is 6.31. The van der Waals surface area contributed by atoms with Crippen LogP contribution in [0.3, 0.4) is 0 Å². The second kappa shape index (κ2) is 9.44. The van der Waals surface area contributed by atoms with Gasteiger partial charge in [0, 0.05) is 22.7 Å². The number of carbonyl (C=O) groups excluding carboxylic acids is 1. The van der Waals surface area contributed by atoms with E-state index in [0.717, 1.165) is 17.3 Å². The highest BCUT2D eigenvalue weighted by Gasteiger charge is 2.54. The average molecular weight is 456 g/mol. The highest BCUT2D eigenvalue weighted by atomic mass is 19.1. The molecule has 1 saturated carbocycles. The molecule has 0 aliphatic heterocycles. The molecule has 6 nitrogen and oxygen atoms in total. The summed E-state index contributed by atoms with van der Waals surface area (Å²) in [4.78, 5) is 17.3. The molecule has 7 heteroatoms. The molecule has 34 heavy (non-hydrogen) atoms. The smallest absolute Gasteiger partial charge is 0.207 e. The minimum Gasteiger partial charge on any atom is -0.364 e. The van der Waals surface area contributed by atoms with Crippen LogP contribution < -0.4 is 10.6 Å². The Labute approximate surface area is 198 Å². The molecule has 3 aromatic rings. The summed E-state index contributed by atoms with van der Waals surface area (Å²) in [6.07, 6.45) is 1.91. The van der Waals surface area contributed by atoms with Gasteiger partial charge in [0.25, 0.3) is 0 Å². The van der Waals surface area contributed by atoms with E-state index in [9.17, 15) is 14.4 Å². The van der Waals surface area contributed by atoms with Crippen LogP contribution in [0.15, 0.2) is 60.7 Å². The van der Waals surface area contributed by atoms with Crippen LogP contribution in [-0.4, -0.2) is 22.5 Å². The highest BCUT2D eigenvalue weighted by Crippen LogP contribution is 2.52. The summed E-state index contributed by atoms with van der Waals surface area (Å²) >= 11 is 0. The Kier molecular flexibility index (Phi) is 6.42. The molecule has 0 spiro atoms. The van der Waals surface area contributed by atoms with Crippen LogP contribution in [0.25, 0.3) is 0 Å². The Hall–Kier alpha value is -4.05. The first-order chi connectivity index (χ1) is 16.4. The Morgan fingerprint density at radius 1 is 1.18 bits per heavy atom. The second-order valence-corrected chi connectivity index (χ2v) is 8.65. The number of hydrogen-bond acceptors (Lipinski definition) is 6. The number of benzene rings is 2. The number of ketones is 1. The van der Waals surface area contributed by atoms with Crippen molar-refractivity contribution in [1.29, 1.82) is 10.7 Å². The topological polar surface area (TPSA) is 102 Å². The summed E-state index contributed by atoms with van der Waals surface area (Å²) in [5.74, 6) is -0.728.